The summed E-state index contributed by atoms with van der Waals surface area (Å²) in [5, 5.41) is 10.5. The van der Waals surface area contributed by atoms with E-state index in [1.807, 2.05) is 0 Å². The second kappa shape index (κ2) is 11.9. The summed E-state index contributed by atoms with van der Waals surface area (Å²) in [7, 11) is 9.87. The van der Waals surface area contributed by atoms with Gasteiger partial charge in [-0.2, -0.15) is 26.3 Å². The number of halogens is 8. The summed E-state index contributed by atoms with van der Waals surface area (Å²) in [6.45, 7) is 0. The molecule has 0 aromatic heterocycles. The topological polar surface area (TPSA) is 32.6 Å². The van der Waals surface area contributed by atoms with Crippen LogP contribution >= 0.6 is 17.0 Å². The Hall–Kier alpha value is -1.05. The fourth-order valence-electron chi connectivity index (χ4n) is 3.58. The molecule has 0 aliphatic heterocycles. The predicted octanol–water partition coefficient (Wildman–Crippen LogP) is 8.60. The maximum absolute atomic E-state index is 13.0. The molecule has 1 N–H and O–H groups in total. The average molecular weight is 578 g/mol. The number of benzene rings is 2. The van der Waals surface area contributed by atoms with Crippen LogP contribution in [0.1, 0.15) is 60.3 Å². The van der Waals surface area contributed by atoms with E-state index in [1.54, 1.807) is 12.1 Å². The van der Waals surface area contributed by atoms with Crippen molar-refractivity contribution in [2.24, 2.45) is 4.99 Å². The van der Waals surface area contributed by atoms with Crippen molar-refractivity contribution in [2.75, 3.05) is 0 Å². The van der Waals surface area contributed by atoms with Gasteiger partial charge in [0.25, 0.3) is 0 Å². The van der Waals surface area contributed by atoms with Gasteiger partial charge in [-0.05, 0) is 48.6 Å². The standard InChI is InChI=1S/C21H19F6NO.2ClH.Zr/c22-20(23,24)15-9-16(21(25,26)27)11-17(10-15)28-12-14-7-4-8-18(19(14)29)13-5-2-1-3-6-13;;;/h4,7-13,29H,1-3,5-6H2;2*1H;/q;;;+2/p-2. The second-order valence-electron chi connectivity index (χ2n) is 7.21. The molecule has 0 amide bonds. The van der Waals surface area contributed by atoms with Crippen LogP contribution in [0.5, 0.6) is 5.75 Å². The summed E-state index contributed by atoms with van der Waals surface area (Å²) < 4.78 is 77.8. The molecule has 0 radical (unpaired) electrons. The number of alkyl halides is 6. The molecule has 0 bridgehead atoms. The number of hydrogen-bond donors (Lipinski definition) is 1. The van der Waals surface area contributed by atoms with E-state index in [-0.39, 0.29) is 23.3 Å². The van der Waals surface area contributed by atoms with Crippen LogP contribution in [-0.2, 0) is 33.2 Å². The van der Waals surface area contributed by atoms with Crippen LogP contribution in [-0.4, -0.2) is 11.3 Å². The Morgan fingerprint density at radius 1 is 0.906 bits per heavy atom. The molecule has 2 nitrogen and oxygen atoms in total. The zero-order valence-electron chi connectivity index (χ0n) is 16.6. The zero-order valence-corrected chi connectivity index (χ0v) is 20.5. The number of aliphatic imine (C=N–C) groups is 1. The Balaban J connectivity index is 0.00000114. The molecule has 1 aliphatic rings. The number of rotatable bonds is 3. The average Bonchev–Trinajstić information content (AvgIpc) is 2.73. The second-order valence-corrected chi connectivity index (χ2v) is 10.9. The Labute approximate surface area is 200 Å². The Kier molecular flexibility index (Phi) is 10.1. The number of nitrogens with zero attached hydrogens (tertiary/aromatic N) is 1. The van der Waals surface area contributed by atoms with E-state index < -0.39 is 50.0 Å². The van der Waals surface area contributed by atoms with E-state index in [9.17, 15) is 31.4 Å². The van der Waals surface area contributed by atoms with Crippen LogP contribution in [0.2, 0.25) is 0 Å². The molecule has 1 aliphatic carbocycles. The van der Waals surface area contributed by atoms with Crippen molar-refractivity contribution in [3.8, 4) is 5.75 Å². The molecule has 0 saturated heterocycles. The number of phenols is 1. The normalized spacial score (nSPS) is 15.4. The molecular formula is C21H19Cl2F6NOZr. The van der Waals surface area contributed by atoms with Crippen molar-refractivity contribution in [2.45, 2.75) is 50.4 Å². The van der Waals surface area contributed by atoms with Gasteiger partial charge in [-0.1, -0.05) is 31.4 Å². The number of phenolic OH excluding ortho intramolecular Hbond substituents is 1. The summed E-state index contributed by atoms with van der Waals surface area (Å²) in [4.78, 5) is 3.79. The molecule has 0 unspecified atom stereocenters. The molecule has 1 saturated carbocycles. The molecule has 0 spiro atoms. The quantitative estimate of drug-likeness (QED) is 0.288. The van der Waals surface area contributed by atoms with E-state index in [2.05, 4.69) is 4.99 Å². The monoisotopic (exact) mass is 575 g/mol. The third kappa shape index (κ3) is 7.77. The molecule has 0 atom stereocenters. The van der Waals surface area contributed by atoms with Crippen molar-refractivity contribution in [1.82, 2.24) is 0 Å². The van der Waals surface area contributed by atoms with Gasteiger partial charge in [-0.15, -0.1) is 0 Å². The first-order valence-corrected chi connectivity index (χ1v) is 15.9. The predicted molar refractivity (Wildman–Crippen MR) is 109 cm³/mol. The zero-order chi connectivity index (χ0) is 23.9. The van der Waals surface area contributed by atoms with Crippen LogP contribution in [0.3, 0.4) is 0 Å². The fourth-order valence-corrected chi connectivity index (χ4v) is 3.58. The molecule has 1 fully saturated rings. The summed E-state index contributed by atoms with van der Waals surface area (Å²) in [5.41, 5.74) is -2.37. The SMILES string of the molecule is Oc1c(C=Nc2cc(C(F)(F)F)cc(C(F)(F)F)c2)cccc1C1CCCCC1.[Cl][Zr][Cl]. The van der Waals surface area contributed by atoms with Gasteiger partial charge in [-0.25, -0.2) is 0 Å². The van der Waals surface area contributed by atoms with Crippen LogP contribution in [0, 0.1) is 0 Å². The molecule has 2 aromatic rings. The summed E-state index contributed by atoms with van der Waals surface area (Å²) in [6, 6.07) is 6.15. The minimum atomic E-state index is -4.94. The van der Waals surface area contributed by atoms with Crippen molar-refractivity contribution < 1.29 is 52.3 Å². The fraction of sp³-hybridized carbons (Fsp3) is 0.381. The van der Waals surface area contributed by atoms with Gasteiger partial charge < -0.3 is 5.11 Å². The first-order valence-electron chi connectivity index (χ1n) is 9.59. The van der Waals surface area contributed by atoms with Gasteiger partial charge in [0.15, 0.2) is 0 Å². The van der Waals surface area contributed by atoms with Gasteiger partial charge in [0.1, 0.15) is 5.75 Å². The molecule has 32 heavy (non-hydrogen) atoms. The van der Waals surface area contributed by atoms with E-state index >= 15 is 0 Å². The van der Waals surface area contributed by atoms with E-state index in [4.69, 9.17) is 17.0 Å². The van der Waals surface area contributed by atoms with Gasteiger partial charge in [0.2, 0.25) is 0 Å². The van der Waals surface area contributed by atoms with Crippen LogP contribution in [0.4, 0.5) is 32.0 Å². The molecular weight excluding hydrogens is 558 g/mol. The van der Waals surface area contributed by atoms with Crippen LogP contribution < -0.4 is 0 Å². The van der Waals surface area contributed by atoms with Crippen molar-refractivity contribution in [3.63, 3.8) is 0 Å². The molecule has 3 rings (SSSR count). The third-order valence-electron chi connectivity index (χ3n) is 5.07. The summed E-state index contributed by atoms with van der Waals surface area (Å²) in [6.07, 6.45) is -3.69. The Bertz CT molecular complexity index is 895. The van der Waals surface area contributed by atoms with Crippen LogP contribution in [0.15, 0.2) is 41.4 Å². The Morgan fingerprint density at radius 2 is 1.44 bits per heavy atom. The van der Waals surface area contributed by atoms with Gasteiger partial charge >= 0.3 is 50.2 Å². The summed E-state index contributed by atoms with van der Waals surface area (Å²) >= 11 is -0.826. The summed E-state index contributed by atoms with van der Waals surface area (Å²) in [5.74, 6) is 0.147. The Morgan fingerprint density at radius 3 is 1.94 bits per heavy atom. The number of hydrogen-bond acceptors (Lipinski definition) is 2. The molecule has 11 heteroatoms. The number of para-hydroxylation sites is 1. The van der Waals surface area contributed by atoms with Gasteiger partial charge in [-0.3, -0.25) is 4.99 Å². The molecule has 2 aromatic carbocycles. The van der Waals surface area contributed by atoms with Crippen molar-refractivity contribution >= 4 is 28.9 Å². The maximum atomic E-state index is 13.0. The van der Waals surface area contributed by atoms with E-state index in [1.165, 1.54) is 6.07 Å². The van der Waals surface area contributed by atoms with Crippen LogP contribution in [0.25, 0.3) is 0 Å². The molecule has 174 valence electrons. The third-order valence-corrected chi connectivity index (χ3v) is 5.07. The minimum absolute atomic E-state index is 0.0360. The van der Waals surface area contributed by atoms with E-state index in [0.717, 1.165) is 43.9 Å². The van der Waals surface area contributed by atoms with Gasteiger partial charge in [0.05, 0.1) is 16.8 Å². The van der Waals surface area contributed by atoms with E-state index in [0.29, 0.717) is 12.1 Å². The molecule has 0 heterocycles. The van der Waals surface area contributed by atoms with Crippen molar-refractivity contribution in [1.29, 1.82) is 0 Å². The number of aromatic hydroxyl groups is 1. The first-order chi connectivity index (χ1) is 15.0. The van der Waals surface area contributed by atoms with Gasteiger partial charge in [0, 0.05) is 11.8 Å². The van der Waals surface area contributed by atoms with Crippen molar-refractivity contribution in [3.05, 3.63) is 58.7 Å². The first kappa shape index (κ1) is 27.2.